The Labute approximate surface area is 305 Å². The van der Waals surface area contributed by atoms with Crippen molar-refractivity contribution in [3.63, 3.8) is 0 Å². The normalized spacial score (nSPS) is 27.4. The Morgan fingerprint density at radius 2 is 1.67 bits per heavy atom. The van der Waals surface area contributed by atoms with Gasteiger partial charge in [0.1, 0.15) is 35.4 Å². The molecule has 6 atom stereocenters. The van der Waals surface area contributed by atoms with E-state index < -0.39 is 71.2 Å². The summed E-state index contributed by atoms with van der Waals surface area (Å²) in [5.74, 6) is -3.41. The summed E-state index contributed by atoms with van der Waals surface area (Å²) in [6.07, 6.45) is 3.71. The maximum absolute atomic E-state index is 14.5. The molecule has 4 aliphatic rings. The first kappa shape index (κ1) is 38.9. The van der Waals surface area contributed by atoms with Crippen molar-refractivity contribution < 1.29 is 43.3 Å². The molecular formula is C38H55N5O9. The van der Waals surface area contributed by atoms with Gasteiger partial charge in [0.2, 0.25) is 17.7 Å². The third-order valence-electron chi connectivity index (χ3n) is 10.6. The van der Waals surface area contributed by atoms with Crippen molar-refractivity contribution in [1.29, 1.82) is 0 Å². The zero-order valence-electron chi connectivity index (χ0n) is 31.1. The molecule has 0 radical (unpaired) electrons. The largest absolute Gasteiger partial charge is 0.479 e. The number of amides is 5. The number of carbonyl (C=O) groups excluding carboxylic acids is 5. The molecule has 5 rings (SSSR count). The number of carboxylic acid groups (broad SMARTS) is 1. The molecule has 1 aromatic rings. The van der Waals surface area contributed by atoms with E-state index in [0.717, 1.165) is 31.2 Å². The fraction of sp³-hybridized carbons (Fsp3) is 0.684. The number of fused-ring (bicyclic) bond motifs is 3. The Hall–Kier alpha value is -4.36. The lowest BCUT2D eigenvalue weighted by Crippen LogP contribution is -2.59. The van der Waals surface area contributed by atoms with Crippen molar-refractivity contribution in [2.45, 2.75) is 141 Å². The number of hydrogen-bond acceptors (Lipinski definition) is 8. The fourth-order valence-electron chi connectivity index (χ4n) is 7.65. The van der Waals surface area contributed by atoms with E-state index >= 15 is 0 Å². The van der Waals surface area contributed by atoms with Crippen LogP contribution in [0.1, 0.15) is 104 Å². The summed E-state index contributed by atoms with van der Waals surface area (Å²) >= 11 is 0. The summed E-state index contributed by atoms with van der Waals surface area (Å²) in [6, 6.07) is 4.69. The highest BCUT2D eigenvalue weighted by Gasteiger charge is 2.62. The first-order valence-corrected chi connectivity index (χ1v) is 18.8. The zero-order chi connectivity index (χ0) is 37.8. The molecule has 4 N–H and O–H groups in total. The number of benzene rings is 1. The Balaban J connectivity index is 1.37. The third-order valence-corrected chi connectivity index (χ3v) is 10.6. The monoisotopic (exact) mass is 725 g/mol. The zero-order valence-corrected chi connectivity index (χ0v) is 31.1. The van der Waals surface area contributed by atoms with Gasteiger partial charge in [-0.05, 0) is 69.4 Å². The molecule has 1 aromatic carbocycles. The van der Waals surface area contributed by atoms with E-state index in [1.807, 2.05) is 24.3 Å². The van der Waals surface area contributed by atoms with Crippen LogP contribution in [0.2, 0.25) is 0 Å². The molecular weight excluding hydrogens is 670 g/mol. The number of alkyl carbamates (subject to hydrolysis) is 1. The molecule has 0 unspecified atom stereocenters. The van der Waals surface area contributed by atoms with Crippen LogP contribution in [0.15, 0.2) is 24.3 Å². The van der Waals surface area contributed by atoms with E-state index in [1.165, 1.54) is 10.5 Å². The van der Waals surface area contributed by atoms with E-state index in [0.29, 0.717) is 38.8 Å². The molecule has 0 spiro atoms. The Bertz CT molecular complexity index is 1530. The van der Waals surface area contributed by atoms with Crippen molar-refractivity contribution in [2.24, 2.45) is 11.8 Å². The fourth-order valence-corrected chi connectivity index (χ4v) is 7.65. The predicted molar refractivity (Wildman–Crippen MR) is 190 cm³/mol. The Morgan fingerprint density at radius 1 is 1.00 bits per heavy atom. The first-order chi connectivity index (χ1) is 24.6. The minimum Gasteiger partial charge on any atom is -0.479 e. The number of rotatable bonds is 6. The van der Waals surface area contributed by atoms with Gasteiger partial charge in [0.05, 0.1) is 6.54 Å². The van der Waals surface area contributed by atoms with Crippen molar-refractivity contribution in [2.75, 3.05) is 13.1 Å². The summed E-state index contributed by atoms with van der Waals surface area (Å²) in [7, 11) is 0. The molecule has 52 heavy (non-hydrogen) atoms. The minimum atomic E-state index is -1.41. The van der Waals surface area contributed by atoms with E-state index in [9.17, 15) is 33.9 Å². The highest BCUT2D eigenvalue weighted by molar-refractivity contribution is 5.97. The van der Waals surface area contributed by atoms with Crippen LogP contribution in [0.4, 0.5) is 9.59 Å². The summed E-state index contributed by atoms with van der Waals surface area (Å²) in [5.41, 5.74) is -0.00369. The molecule has 2 saturated heterocycles. The summed E-state index contributed by atoms with van der Waals surface area (Å²) < 4.78 is 11.3. The molecule has 1 saturated carbocycles. The smallest absolute Gasteiger partial charge is 0.410 e. The average Bonchev–Trinajstić information content (AvgIpc) is 3.61. The maximum atomic E-state index is 14.5. The van der Waals surface area contributed by atoms with E-state index in [-0.39, 0.29) is 31.2 Å². The standard InChI is InChI=1S/C38H55N5O9/c1-23(2)30(40-35(49)52-37(3,4)5)32(45)39-28-16-10-8-6-7-9-15-26-20-38(26,34(47)48)41-31(44)29-19-27(22-43(29)33(28)46)51-36(50)42-18-17-24-13-11-12-14-25(24)21-42/h11-14,23,26-30H,6-10,15-22H2,1-5H3,(H,39,45)(H,40,49)(H,41,44)(H,47,48)/t26-,27-,28+,29+,30-,38-/m1/s1. The molecule has 14 nitrogen and oxygen atoms in total. The lowest BCUT2D eigenvalue weighted by molar-refractivity contribution is -0.146. The van der Waals surface area contributed by atoms with Crippen LogP contribution in [-0.2, 0) is 41.6 Å². The number of carbonyl (C=O) groups is 6. The van der Waals surface area contributed by atoms with Gasteiger partial charge in [0, 0.05) is 19.5 Å². The van der Waals surface area contributed by atoms with Crippen molar-refractivity contribution in [3.8, 4) is 0 Å². The maximum Gasteiger partial charge on any atom is 0.410 e. The van der Waals surface area contributed by atoms with Gasteiger partial charge in [-0.15, -0.1) is 0 Å². The average molecular weight is 726 g/mol. The lowest BCUT2D eigenvalue weighted by Gasteiger charge is -2.31. The van der Waals surface area contributed by atoms with Gasteiger partial charge < -0.3 is 40.3 Å². The van der Waals surface area contributed by atoms with E-state index in [2.05, 4.69) is 16.0 Å². The minimum absolute atomic E-state index is 0.0242. The van der Waals surface area contributed by atoms with Crippen LogP contribution < -0.4 is 16.0 Å². The molecule has 14 heteroatoms. The quantitative estimate of drug-likeness (QED) is 0.338. The van der Waals surface area contributed by atoms with E-state index in [4.69, 9.17) is 9.47 Å². The van der Waals surface area contributed by atoms with Gasteiger partial charge in [-0.2, -0.15) is 0 Å². The molecule has 1 aliphatic carbocycles. The van der Waals surface area contributed by atoms with Gasteiger partial charge in [-0.25, -0.2) is 14.4 Å². The van der Waals surface area contributed by atoms with Crippen LogP contribution in [-0.4, -0.2) is 99.2 Å². The van der Waals surface area contributed by atoms with Crippen LogP contribution in [0.3, 0.4) is 0 Å². The molecule has 3 heterocycles. The molecule has 0 bridgehead atoms. The van der Waals surface area contributed by atoms with Gasteiger partial charge in [0.25, 0.3) is 0 Å². The van der Waals surface area contributed by atoms with Gasteiger partial charge in [-0.1, -0.05) is 70.2 Å². The first-order valence-electron chi connectivity index (χ1n) is 18.8. The van der Waals surface area contributed by atoms with Crippen molar-refractivity contribution in [1.82, 2.24) is 25.8 Å². The summed E-state index contributed by atoms with van der Waals surface area (Å²) in [5, 5.41) is 18.5. The van der Waals surface area contributed by atoms with Gasteiger partial charge >= 0.3 is 18.2 Å². The Morgan fingerprint density at radius 3 is 2.35 bits per heavy atom. The van der Waals surface area contributed by atoms with Crippen LogP contribution in [0, 0.1) is 11.8 Å². The van der Waals surface area contributed by atoms with Crippen LogP contribution in [0.5, 0.6) is 0 Å². The van der Waals surface area contributed by atoms with Gasteiger partial charge in [-0.3, -0.25) is 14.4 Å². The highest BCUT2D eigenvalue weighted by atomic mass is 16.6. The third kappa shape index (κ3) is 9.35. The Kier molecular flexibility index (Phi) is 12.0. The lowest BCUT2D eigenvalue weighted by atomic mass is 10.0. The van der Waals surface area contributed by atoms with Crippen LogP contribution in [0.25, 0.3) is 0 Å². The van der Waals surface area contributed by atoms with Crippen molar-refractivity contribution >= 4 is 35.9 Å². The summed E-state index contributed by atoms with van der Waals surface area (Å²) in [4.78, 5) is 83.7. The molecule has 286 valence electrons. The predicted octanol–water partition coefficient (Wildman–Crippen LogP) is 3.89. The molecule has 3 fully saturated rings. The number of hydrogen-bond donors (Lipinski definition) is 4. The second-order valence-electron chi connectivity index (χ2n) is 16.1. The second kappa shape index (κ2) is 16.1. The van der Waals surface area contributed by atoms with Crippen LogP contribution >= 0.6 is 0 Å². The number of carboxylic acids is 1. The topological polar surface area (TPSA) is 184 Å². The van der Waals surface area contributed by atoms with E-state index in [1.54, 1.807) is 39.5 Å². The number of nitrogens with zero attached hydrogens (tertiary/aromatic N) is 2. The second-order valence-corrected chi connectivity index (χ2v) is 16.1. The number of ether oxygens (including phenoxy) is 2. The molecule has 0 aromatic heterocycles. The SMILES string of the molecule is CC(C)[C@@H](NC(=O)OC(C)(C)C)C(=O)N[C@H]1CCCCCCC[C@@H]2C[C@@]2(C(=O)O)NC(=O)[C@@H]2C[C@@H](OC(=O)N3CCc4ccccc4C3)CN2C1=O. The summed E-state index contributed by atoms with van der Waals surface area (Å²) in [6.45, 7) is 9.41. The van der Waals surface area contributed by atoms with Gasteiger partial charge in [0.15, 0.2) is 0 Å². The van der Waals surface area contributed by atoms with Crippen molar-refractivity contribution in [3.05, 3.63) is 35.4 Å². The highest BCUT2D eigenvalue weighted by Crippen LogP contribution is 2.47. The molecule has 3 aliphatic heterocycles. The number of aliphatic carboxylic acids is 1. The number of nitrogens with one attached hydrogen (secondary N) is 3. The molecule has 5 amide bonds.